The second-order valence-electron chi connectivity index (χ2n) is 6.18. The van der Waals surface area contributed by atoms with E-state index in [9.17, 15) is 4.79 Å². The zero-order valence-electron chi connectivity index (χ0n) is 10.8. The second-order valence-corrected chi connectivity index (χ2v) is 8.16. The third kappa shape index (κ3) is 1.87. The molecule has 100 valence electrons. The molecule has 0 saturated heterocycles. The van der Waals surface area contributed by atoms with Crippen LogP contribution in [0.15, 0.2) is 27.6 Å². The van der Waals surface area contributed by atoms with Crippen LogP contribution in [0.2, 0.25) is 0 Å². The molecule has 2 saturated carbocycles. The lowest BCUT2D eigenvalue weighted by Gasteiger charge is -2.32. The number of benzene rings is 1. The summed E-state index contributed by atoms with van der Waals surface area (Å²) in [6, 6.07) is 6.58. The summed E-state index contributed by atoms with van der Waals surface area (Å²) in [5.74, 6) is 2.58. The van der Waals surface area contributed by atoms with Crippen molar-refractivity contribution < 1.29 is 4.79 Å². The highest BCUT2D eigenvalue weighted by Crippen LogP contribution is 2.75. The van der Waals surface area contributed by atoms with E-state index in [-0.39, 0.29) is 11.5 Å². The number of rotatable bonds is 2. The summed E-state index contributed by atoms with van der Waals surface area (Å²) < 4.78 is 1.09. The smallest absolute Gasteiger partial charge is 0.227 e. The molecule has 0 spiro atoms. The van der Waals surface area contributed by atoms with Gasteiger partial charge in [0.1, 0.15) is 0 Å². The van der Waals surface area contributed by atoms with Gasteiger partial charge in [-0.1, -0.05) is 22.9 Å². The molecule has 2 aliphatic carbocycles. The Morgan fingerprint density at radius 1 is 1.47 bits per heavy atom. The Kier molecular flexibility index (Phi) is 2.59. The summed E-state index contributed by atoms with van der Waals surface area (Å²) in [5, 5.41) is 3.32. The molecule has 1 aromatic carbocycles. The Hall–Kier alpha value is -0.480. The van der Waals surface area contributed by atoms with Gasteiger partial charge in [-0.05, 0) is 48.4 Å². The number of hydrogen-bond donors (Lipinski definition) is 1. The molecule has 1 aliphatic heterocycles. The Balaban J connectivity index is 1.63. The maximum Gasteiger partial charge on any atom is 0.227 e. The predicted molar refractivity (Wildman–Crippen MR) is 80.1 cm³/mol. The zero-order chi connectivity index (χ0) is 13.2. The number of carbonyl (C=O) groups is 1. The maximum atomic E-state index is 12.3. The van der Waals surface area contributed by atoms with Crippen molar-refractivity contribution in [2.75, 3.05) is 5.75 Å². The number of carbonyl (C=O) groups excluding carboxylic acids is 1. The van der Waals surface area contributed by atoms with Crippen LogP contribution in [0.25, 0.3) is 0 Å². The number of thioether (sulfide) groups is 1. The summed E-state index contributed by atoms with van der Waals surface area (Å²) in [5.41, 5.74) is 1.34. The molecule has 1 aromatic rings. The van der Waals surface area contributed by atoms with Crippen molar-refractivity contribution in [1.82, 2.24) is 5.32 Å². The highest BCUT2D eigenvalue weighted by Gasteiger charge is 2.74. The van der Waals surface area contributed by atoms with Crippen LogP contribution in [0.1, 0.15) is 31.4 Å². The molecule has 2 atom stereocenters. The van der Waals surface area contributed by atoms with Crippen LogP contribution in [-0.4, -0.2) is 11.7 Å². The average molecular weight is 338 g/mol. The monoisotopic (exact) mass is 337 g/mol. The van der Waals surface area contributed by atoms with Gasteiger partial charge < -0.3 is 5.32 Å². The molecule has 2 fully saturated rings. The van der Waals surface area contributed by atoms with Crippen molar-refractivity contribution >= 4 is 33.6 Å². The van der Waals surface area contributed by atoms with Gasteiger partial charge in [0, 0.05) is 15.1 Å². The highest BCUT2D eigenvalue weighted by atomic mass is 79.9. The first-order valence-corrected chi connectivity index (χ1v) is 8.61. The number of fused-ring (bicyclic) bond motifs is 2. The molecular formula is C15H16BrNOS. The normalized spacial score (nSPS) is 38.1. The van der Waals surface area contributed by atoms with Crippen LogP contribution in [0.5, 0.6) is 0 Å². The average Bonchev–Trinajstić information content (AvgIpc) is 3.21. The van der Waals surface area contributed by atoms with Crippen LogP contribution < -0.4 is 5.32 Å². The number of amides is 1. The number of halogens is 1. The van der Waals surface area contributed by atoms with E-state index in [0.717, 1.165) is 23.1 Å². The van der Waals surface area contributed by atoms with Gasteiger partial charge in [0.25, 0.3) is 0 Å². The first-order valence-electron chi connectivity index (χ1n) is 6.83. The van der Waals surface area contributed by atoms with E-state index in [1.54, 1.807) is 0 Å². The van der Waals surface area contributed by atoms with E-state index in [2.05, 4.69) is 46.4 Å². The summed E-state index contributed by atoms with van der Waals surface area (Å²) in [4.78, 5) is 13.7. The summed E-state index contributed by atoms with van der Waals surface area (Å²) in [6.07, 6.45) is 2.25. The van der Waals surface area contributed by atoms with Gasteiger partial charge in [-0.15, -0.1) is 11.8 Å². The van der Waals surface area contributed by atoms with Crippen molar-refractivity contribution in [3.8, 4) is 0 Å². The van der Waals surface area contributed by atoms with Crippen LogP contribution >= 0.6 is 27.7 Å². The third-order valence-corrected chi connectivity index (χ3v) is 6.67. The standard InChI is InChI=1S/C15H16BrNOS/c1-8-7-19-12-3-2-10(16)4-11(12)13(8)17-14(18)15-5-9(15)6-15/h2-4,8-9,13H,5-7H2,1H3,(H,17,18). The van der Waals surface area contributed by atoms with Gasteiger partial charge in [-0.25, -0.2) is 0 Å². The molecule has 2 nitrogen and oxygen atoms in total. The van der Waals surface area contributed by atoms with Crippen molar-refractivity contribution in [2.24, 2.45) is 17.3 Å². The predicted octanol–water partition coefficient (Wildman–Crippen LogP) is 3.76. The Morgan fingerprint density at radius 3 is 2.89 bits per heavy atom. The van der Waals surface area contributed by atoms with Crippen molar-refractivity contribution in [1.29, 1.82) is 0 Å². The van der Waals surface area contributed by atoms with Crippen LogP contribution in [0.4, 0.5) is 0 Å². The van der Waals surface area contributed by atoms with Crippen LogP contribution in [0.3, 0.4) is 0 Å². The van der Waals surface area contributed by atoms with Gasteiger partial charge in [0.2, 0.25) is 5.91 Å². The Bertz CT molecular complexity index is 567. The molecule has 1 amide bonds. The topological polar surface area (TPSA) is 29.1 Å². The zero-order valence-corrected chi connectivity index (χ0v) is 13.2. The minimum absolute atomic E-state index is 0.0660. The molecule has 2 unspecified atom stereocenters. The lowest BCUT2D eigenvalue weighted by atomic mass is 9.94. The Morgan fingerprint density at radius 2 is 2.21 bits per heavy atom. The first-order chi connectivity index (χ1) is 9.10. The summed E-state index contributed by atoms with van der Waals surface area (Å²) in [7, 11) is 0. The van der Waals surface area contributed by atoms with Crippen molar-refractivity contribution in [3.05, 3.63) is 28.2 Å². The van der Waals surface area contributed by atoms with Gasteiger partial charge in [-0.3, -0.25) is 4.79 Å². The lowest BCUT2D eigenvalue weighted by molar-refractivity contribution is -0.125. The first kappa shape index (κ1) is 12.3. The number of hydrogen-bond acceptors (Lipinski definition) is 2. The quantitative estimate of drug-likeness (QED) is 0.890. The molecule has 1 heterocycles. The molecule has 4 rings (SSSR count). The van der Waals surface area contributed by atoms with E-state index >= 15 is 0 Å². The molecule has 4 heteroatoms. The van der Waals surface area contributed by atoms with Crippen molar-refractivity contribution in [2.45, 2.75) is 30.7 Å². The van der Waals surface area contributed by atoms with Crippen LogP contribution in [-0.2, 0) is 4.79 Å². The second kappa shape index (κ2) is 4.01. The SMILES string of the molecule is CC1CSc2ccc(Br)cc2C1NC(=O)C12CC1C2. The van der Waals surface area contributed by atoms with Gasteiger partial charge in [-0.2, -0.15) is 0 Å². The number of nitrogens with one attached hydrogen (secondary N) is 1. The van der Waals surface area contributed by atoms with E-state index in [1.165, 1.54) is 10.5 Å². The lowest BCUT2D eigenvalue weighted by Crippen LogP contribution is -2.37. The fraction of sp³-hybridized carbons (Fsp3) is 0.533. The van der Waals surface area contributed by atoms with Gasteiger partial charge in [0.15, 0.2) is 0 Å². The molecule has 19 heavy (non-hydrogen) atoms. The van der Waals surface area contributed by atoms with Crippen LogP contribution in [0, 0.1) is 17.3 Å². The molecule has 1 N–H and O–H groups in total. The third-order valence-electron chi connectivity index (χ3n) is 4.80. The summed E-state index contributed by atoms with van der Waals surface area (Å²) in [6.45, 7) is 2.23. The van der Waals surface area contributed by atoms with E-state index in [1.807, 2.05) is 11.8 Å². The molecule has 0 aromatic heterocycles. The van der Waals surface area contributed by atoms with E-state index < -0.39 is 0 Å². The largest absolute Gasteiger partial charge is 0.348 e. The summed E-state index contributed by atoms with van der Waals surface area (Å²) >= 11 is 5.44. The van der Waals surface area contributed by atoms with Gasteiger partial charge >= 0.3 is 0 Å². The fourth-order valence-electron chi connectivity index (χ4n) is 3.10. The van der Waals surface area contributed by atoms with E-state index in [0.29, 0.717) is 17.7 Å². The molecule has 0 bridgehead atoms. The van der Waals surface area contributed by atoms with E-state index in [4.69, 9.17) is 0 Å². The Labute approximate surface area is 125 Å². The molecular weight excluding hydrogens is 322 g/mol. The minimum Gasteiger partial charge on any atom is -0.348 e. The van der Waals surface area contributed by atoms with Crippen molar-refractivity contribution in [3.63, 3.8) is 0 Å². The maximum absolute atomic E-state index is 12.3. The molecule has 0 radical (unpaired) electrons. The van der Waals surface area contributed by atoms with Gasteiger partial charge in [0.05, 0.1) is 11.5 Å². The molecule has 3 aliphatic rings. The highest BCUT2D eigenvalue weighted by molar-refractivity contribution is 9.10. The fourth-order valence-corrected chi connectivity index (χ4v) is 4.63. The minimum atomic E-state index is 0.0660.